The smallest absolute Gasteiger partial charge is 0.265 e. The van der Waals surface area contributed by atoms with Crippen LogP contribution in [-0.2, 0) is 0 Å². The molecule has 0 aliphatic carbocycles. The van der Waals surface area contributed by atoms with E-state index >= 15 is 0 Å². The molecule has 2 N–H and O–H groups in total. The van der Waals surface area contributed by atoms with Crippen LogP contribution in [0.25, 0.3) is 10.4 Å². The minimum atomic E-state index is -0.0417. The van der Waals surface area contributed by atoms with Crippen LogP contribution in [-0.4, -0.2) is 32.7 Å². The van der Waals surface area contributed by atoms with Gasteiger partial charge in [0.05, 0.1) is 7.11 Å². The number of hydrogen-bond acceptors (Lipinski definition) is 4. The fourth-order valence-corrected chi connectivity index (χ4v) is 3.91. The van der Waals surface area contributed by atoms with Crippen LogP contribution in [0, 0.1) is 5.92 Å². The van der Waals surface area contributed by atoms with Gasteiger partial charge in [-0.25, -0.2) is 0 Å². The van der Waals surface area contributed by atoms with Crippen molar-refractivity contribution in [3.63, 3.8) is 0 Å². The molecule has 4 nitrogen and oxygen atoms in total. The summed E-state index contributed by atoms with van der Waals surface area (Å²) < 4.78 is 5.39. The molecule has 24 heavy (non-hydrogen) atoms. The van der Waals surface area contributed by atoms with Crippen LogP contribution < -0.4 is 15.4 Å². The molecule has 3 rings (SSSR count). The molecule has 2 heterocycles. The maximum absolute atomic E-state index is 12.4. The van der Waals surface area contributed by atoms with Gasteiger partial charge >= 0.3 is 0 Å². The number of carbonyl (C=O) groups is 1. The third-order valence-corrected chi connectivity index (χ3v) is 5.35. The van der Waals surface area contributed by atoms with Crippen molar-refractivity contribution in [2.75, 3.05) is 26.7 Å². The molecule has 0 bridgehead atoms. The SMILES string of the molecule is COc1cc(-c2ccccc2)sc1C(=O)NCCC1CCNC1.Cl. The number of nitrogens with one attached hydrogen (secondary N) is 2. The van der Waals surface area contributed by atoms with Gasteiger partial charge in [-0.15, -0.1) is 23.7 Å². The number of methoxy groups -OCH3 is 1. The van der Waals surface area contributed by atoms with Crippen molar-refractivity contribution in [2.24, 2.45) is 5.92 Å². The molecule has 1 aliphatic rings. The van der Waals surface area contributed by atoms with Gasteiger partial charge in [-0.1, -0.05) is 30.3 Å². The zero-order valence-electron chi connectivity index (χ0n) is 13.7. The number of benzene rings is 1. The lowest BCUT2D eigenvalue weighted by atomic mass is 10.1. The molecule has 1 aromatic carbocycles. The lowest BCUT2D eigenvalue weighted by Crippen LogP contribution is -2.26. The predicted octanol–water partition coefficient (Wildman–Crippen LogP) is 3.57. The Hall–Kier alpha value is -1.56. The third-order valence-electron chi connectivity index (χ3n) is 4.18. The normalized spacial score (nSPS) is 16.5. The first-order chi connectivity index (χ1) is 11.3. The van der Waals surface area contributed by atoms with Crippen molar-refractivity contribution in [1.29, 1.82) is 0 Å². The van der Waals surface area contributed by atoms with Crippen molar-refractivity contribution in [1.82, 2.24) is 10.6 Å². The van der Waals surface area contributed by atoms with Crippen molar-refractivity contribution in [3.05, 3.63) is 41.3 Å². The van der Waals surface area contributed by atoms with Gasteiger partial charge in [-0.3, -0.25) is 4.79 Å². The molecule has 0 spiro atoms. The van der Waals surface area contributed by atoms with Crippen LogP contribution in [0.1, 0.15) is 22.5 Å². The Labute approximate surface area is 153 Å². The van der Waals surface area contributed by atoms with Gasteiger partial charge in [-0.05, 0) is 43.5 Å². The lowest BCUT2D eigenvalue weighted by Gasteiger charge is -2.09. The van der Waals surface area contributed by atoms with E-state index in [1.165, 1.54) is 17.8 Å². The van der Waals surface area contributed by atoms with E-state index in [2.05, 4.69) is 10.6 Å². The minimum Gasteiger partial charge on any atom is -0.495 e. The van der Waals surface area contributed by atoms with Gasteiger partial charge in [0.15, 0.2) is 0 Å². The van der Waals surface area contributed by atoms with Crippen molar-refractivity contribution >= 4 is 29.7 Å². The van der Waals surface area contributed by atoms with Crippen molar-refractivity contribution in [3.8, 4) is 16.2 Å². The van der Waals surface area contributed by atoms with Crippen molar-refractivity contribution < 1.29 is 9.53 Å². The molecular weight excluding hydrogens is 344 g/mol. The topological polar surface area (TPSA) is 50.4 Å². The fraction of sp³-hybridized carbons (Fsp3) is 0.389. The molecule has 1 aromatic heterocycles. The zero-order chi connectivity index (χ0) is 16.1. The molecule has 1 atom stereocenters. The molecule has 130 valence electrons. The van der Waals surface area contributed by atoms with Crippen LogP contribution >= 0.6 is 23.7 Å². The Morgan fingerprint density at radius 3 is 2.83 bits per heavy atom. The standard InChI is InChI=1S/C18H22N2O2S.ClH/c1-22-15-11-16(14-5-3-2-4-6-14)23-17(15)18(21)20-10-8-13-7-9-19-12-13;/h2-6,11,13,19H,7-10,12H2,1H3,(H,20,21);1H. The number of carbonyl (C=O) groups excluding carboxylic acids is 1. The monoisotopic (exact) mass is 366 g/mol. The maximum atomic E-state index is 12.4. The number of ether oxygens (including phenoxy) is 1. The van der Waals surface area contributed by atoms with Gasteiger partial charge in [0.25, 0.3) is 5.91 Å². The number of hydrogen-bond donors (Lipinski definition) is 2. The highest BCUT2D eigenvalue weighted by Gasteiger charge is 2.19. The van der Waals surface area contributed by atoms with Gasteiger partial charge in [0, 0.05) is 11.4 Å². The number of rotatable bonds is 6. The Morgan fingerprint density at radius 2 is 2.17 bits per heavy atom. The van der Waals surface area contributed by atoms with Crippen LogP contribution in [0.3, 0.4) is 0 Å². The number of amides is 1. The Morgan fingerprint density at radius 1 is 1.38 bits per heavy atom. The second kappa shape index (κ2) is 9.06. The highest BCUT2D eigenvalue weighted by atomic mass is 35.5. The van der Waals surface area contributed by atoms with Crippen LogP contribution in [0.2, 0.25) is 0 Å². The highest BCUT2D eigenvalue weighted by Crippen LogP contribution is 2.36. The third kappa shape index (κ3) is 4.50. The summed E-state index contributed by atoms with van der Waals surface area (Å²) in [6.07, 6.45) is 2.23. The Bertz CT molecular complexity index is 654. The summed E-state index contributed by atoms with van der Waals surface area (Å²) in [5.74, 6) is 1.29. The molecule has 1 amide bonds. The molecule has 0 radical (unpaired) electrons. The summed E-state index contributed by atoms with van der Waals surface area (Å²) >= 11 is 1.48. The first-order valence-corrected chi connectivity index (χ1v) is 8.81. The van der Waals surface area contributed by atoms with E-state index in [1.54, 1.807) is 7.11 Å². The highest BCUT2D eigenvalue weighted by molar-refractivity contribution is 7.17. The average molecular weight is 367 g/mol. The average Bonchev–Trinajstić information content (AvgIpc) is 3.25. The maximum Gasteiger partial charge on any atom is 0.265 e. The molecule has 6 heteroatoms. The largest absolute Gasteiger partial charge is 0.495 e. The van der Waals surface area contributed by atoms with Crippen molar-refractivity contribution in [2.45, 2.75) is 12.8 Å². The molecule has 1 aliphatic heterocycles. The zero-order valence-corrected chi connectivity index (χ0v) is 15.3. The fourth-order valence-electron chi connectivity index (χ4n) is 2.86. The van der Waals surface area contributed by atoms with E-state index in [1.807, 2.05) is 36.4 Å². The van der Waals surface area contributed by atoms with Gasteiger partial charge in [0.2, 0.25) is 0 Å². The van der Waals surface area contributed by atoms with E-state index in [9.17, 15) is 4.79 Å². The molecule has 1 unspecified atom stereocenters. The first-order valence-electron chi connectivity index (χ1n) is 8.00. The van der Waals surface area contributed by atoms with E-state index in [-0.39, 0.29) is 18.3 Å². The van der Waals surface area contributed by atoms with Gasteiger partial charge in [0.1, 0.15) is 10.6 Å². The minimum absolute atomic E-state index is 0. The van der Waals surface area contributed by atoms with Gasteiger partial charge in [-0.2, -0.15) is 0 Å². The number of halogens is 1. The van der Waals surface area contributed by atoms with Crippen LogP contribution in [0.4, 0.5) is 0 Å². The molecular formula is C18H23ClN2O2S. The molecule has 2 aromatic rings. The number of thiophene rings is 1. The summed E-state index contributed by atoms with van der Waals surface area (Å²) in [6, 6.07) is 12.0. The molecule has 1 fully saturated rings. The van der Waals surface area contributed by atoms with Gasteiger partial charge < -0.3 is 15.4 Å². The predicted molar refractivity (Wildman–Crippen MR) is 101 cm³/mol. The quantitative estimate of drug-likeness (QED) is 0.821. The second-order valence-electron chi connectivity index (χ2n) is 5.78. The Balaban J connectivity index is 0.00000208. The Kier molecular flexibility index (Phi) is 7.09. The summed E-state index contributed by atoms with van der Waals surface area (Å²) in [4.78, 5) is 14.1. The van der Waals surface area contributed by atoms with Crippen LogP contribution in [0.15, 0.2) is 36.4 Å². The van der Waals surface area contributed by atoms with Crippen LogP contribution in [0.5, 0.6) is 5.75 Å². The summed E-state index contributed by atoms with van der Waals surface area (Å²) in [6.45, 7) is 2.88. The van der Waals surface area contributed by atoms with E-state index in [0.717, 1.165) is 30.0 Å². The van der Waals surface area contributed by atoms with E-state index in [0.29, 0.717) is 23.1 Å². The summed E-state index contributed by atoms with van der Waals surface area (Å²) in [5, 5.41) is 6.38. The lowest BCUT2D eigenvalue weighted by molar-refractivity contribution is 0.0953. The molecule has 0 saturated carbocycles. The van der Waals surface area contributed by atoms with E-state index in [4.69, 9.17) is 4.74 Å². The summed E-state index contributed by atoms with van der Waals surface area (Å²) in [7, 11) is 1.61. The summed E-state index contributed by atoms with van der Waals surface area (Å²) in [5.41, 5.74) is 1.10. The first kappa shape index (κ1) is 18.8. The van der Waals surface area contributed by atoms with E-state index < -0.39 is 0 Å². The molecule has 1 saturated heterocycles. The second-order valence-corrected chi connectivity index (χ2v) is 6.83.